The molecular weight excluding hydrogens is 266 g/mol. The van der Waals surface area contributed by atoms with E-state index in [1.807, 2.05) is 30.3 Å². The Labute approximate surface area is 113 Å². The number of carbonyl (C=O) groups excluding carboxylic acids is 3. The molecule has 2 rings (SSSR count). The molecule has 0 spiro atoms. The number of aliphatic carboxylic acids is 1. The van der Waals surface area contributed by atoms with Gasteiger partial charge in [-0.2, -0.15) is 0 Å². The summed E-state index contributed by atoms with van der Waals surface area (Å²) >= 11 is 0.813. The number of thioether (sulfide) groups is 1. The number of carboxylic acid groups (broad SMARTS) is 1. The number of nitrogens with zero attached hydrogens (tertiary/aromatic N) is 1. The zero-order chi connectivity index (χ0) is 13.8. The van der Waals surface area contributed by atoms with Crippen LogP contribution in [0.15, 0.2) is 35.2 Å². The number of imide groups is 1. The first-order valence-corrected chi connectivity index (χ1v) is 6.40. The van der Waals surface area contributed by atoms with Crippen molar-refractivity contribution in [2.75, 3.05) is 6.54 Å². The van der Waals surface area contributed by atoms with Crippen molar-refractivity contribution >= 4 is 35.0 Å². The SMILES string of the molecule is O=C([O-])CCN1C(=O)S/C(=C\c2ccccc2)C1=O. The molecule has 2 amide bonds. The third-order valence-electron chi connectivity index (χ3n) is 2.51. The number of carboxylic acids is 1. The van der Waals surface area contributed by atoms with Gasteiger partial charge >= 0.3 is 0 Å². The lowest BCUT2D eigenvalue weighted by atomic mass is 10.2. The van der Waals surface area contributed by atoms with Crippen LogP contribution < -0.4 is 5.11 Å². The second-order valence-electron chi connectivity index (χ2n) is 3.87. The smallest absolute Gasteiger partial charge is 0.293 e. The lowest BCUT2D eigenvalue weighted by molar-refractivity contribution is -0.305. The minimum atomic E-state index is -1.29. The molecule has 0 aliphatic carbocycles. The van der Waals surface area contributed by atoms with Gasteiger partial charge in [-0.1, -0.05) is 30.3 Å². The van der Waals surface area contributed by atoms with E-state index in [1.54, 1.807) is 6.08 Å². The van der Waals surface area contributed by atoms with Crippen molar-refractivity contribution in [3.05, 3.63) is 40.8 Å². The highest BCUT2D eigenvalue weighted by Crippen LogP contribution is 2.32. The highest BCUT2D eigenvalue weighted by Gasteiger charge is 2.34. The van der Waals surface area contributed by atoms with E-state index in [1.165, 1.54) is 0 Å². The van der Waals surface area contributed by atoms with Crippen molar-refractivity contribution in [2.24, 2.45) is 0 Å². The molecule has 1 aliphatic rings. The van der Waals surface area contributed by atoms with E-state index in [9.17, 15) is 19.5 Å². The summed E-state index contributed by atoms with van der Waals surface area (Å²) in [6.07, 6.45) is 1.26. The van der Waals surface area contributed by atoms with Gasteiger partial charge in [0.15, 0.2) is 0 Å². The number of hydrogen-bond donors (Lipinski definition) is 0. The van der Waals surface area contributed by atoms with Gasteiger partial charge in [-0.3, -0.25) is 14.5 Å². The normalized spacial score (nSPS) is 17.3. The molecule has 0 aromatic heterocycles. The topological polar surface area (TPSA) is 77.5 Å². The van der Waals surface area contributed by atoms with Crippen LogP contribution >= 0.6 is 11.8 Å². The Hall–Kier alpha value is -2.08. The highest BCUT2D eigenvalue weighted by molar-refractivity contribution is 8.18. The van der Waals surface area contributed by atoms with Gasteiger partial charge < -0.3 is 9.90 Å². The van der Waals surface area contributed by atoms with Crippen molar-refractivity contribution < 1.29 is 19.5 Å². The van der Waals surface area contributed by atoms with E-state index in [2.05, 4.69) is 0 Å². The number of hydrogen-bond acceptors (Lipinski definition) is 5. The van der Waals surface area contributed by atoms with Crippen LogP contribution in [0.3, 0.4) is 0 Å². The van der Waals surface area contributed by atoms with Gasteiger partial charge in [0.05, 0.1) is 4.91 Å². The predicted octanol–water partition coefficient (Wildman–Crippen LogP) is 0.863. The summed E-state index contributed by atoms with van der Waals surface area (Å²) in [6.45, 7) is -0.154. The Morgan fingerprint density at radius 3 is 2.58 bits per heavy atom. The van der Waals surface area contributed by atoms with Crippen LogP contribution in [0, 0.1) is 0 Å². The number of rotatable bonds is 4. The molecule has 0 bridgehead atoms. The van der Waals surface area contributed by atoms with E-state index in [0.29, 0.717) is 4.91 Å². The molecule has 0 atom stereocenters. The summed E-state index contributed by atoms with van der Waals surface area (Å²) in [6, 6.07) is 9.13. The second kappa shape index (κ2) is 5.71. The molecule has 1 fully saturated rings. The van der Waals surface area contributed by atoms with Crippen LogP contribution in [-0.2, 0) is 9.59 Å². The van der Waals surface area contributed by atoms with Crippen LogP contribution in [-0.4, -0.2) is 28.6 Å². The molecule has 1 aromatic carbocycles. The minimum Gasteiger partial charge on any atom is -0.550 e. The molecular formula is C13H10NO4S-. The van der Waals surface area contributed by atoms with Crippen LogP contribution in [0.4, 0.5) is 4.79 Å². The number of benzene rings is 1. The van der Waals surface area contributed by atoms with Crippen LogP contribution in [0.1, 0.15) is 12.0 Å². The largest absolute Gasteiger partial charge is 0.550 e. The zero-order valence-corrected chi connectivity index (χ0v) is 10.7. The lowest BCUT2D eigenvalue weighted by Crippen LogP contribution is -2.33. The van der Waals surface area contributed by atoms with E-state index in [4.69, 9.17) is 0 Å². The number of amides is 2. The highest BCUT2D eigenvalue weighted by atomic mass is 32.2. The van der Waals surface area contributed by atoms with Crippen molar-refractivity contribution in [1.29, 1.82) is 0 Å². The van der Waals surface area contributed by atoms with Gasteiger partial charge in [-0.25, -0.2) is 0 Å². The van der Waals surface area contributed by atoms with Gasteiger partial charge in [-0.15, -0.1) is 0 Å². The third kappa shape index (κ3) is 3.23. The molecule has 0 N–H and O–H groups in total. The molecule has 19 heavy (non-hydrogen) atoms. The molecule has 1 saturated heterocycles. The molecule has 6 heteroatoms. The first-order chi connectivity index (χ1) is 9.08. The maximum absolute atomic E-state index is 11.9. The summed E-state index contributed by atoms with van der Waals surface area (Å²) in [7, 11) is 0. The fraction of sp³-hybridized carbons (Fsp3) is 0.154. The van der Waals surface area contributed by atoms with Gasteiger partial charge in [0, 0.05) is 18.9 Å². The summed E-state index contributed by atoms with van der Waals surface area (Å²) in [4.78, 5) is 35.1. The molecule has 1 heterocycles. The molecule has 1 aromatic rings. The zero-order valence-electron chi connectivity index (χ0n) is 9.87. The summed E-state index contributed by atoms with van der Waals surface area (Å²) in [5.41, 5.74) is 0.813. The summed E-state index contributed by atoms with van der Waals surface area (Å²) < 4.78 is 0. The second-order valence-corrected chi connectivity index (χ2v) is 4.86. The van der Waals surface area contributed by atoms with Crippen LogP contribution in [0.25, 0.3) is 6.08 Å². The Morgan fingerprint density at radius 2 is 1.95 bits per heavy atom. The van der Waals surface area contributed by atoms with Crippen molar-refractivity contribution in [2.45, 2.75) is 6.42 Å². The van der Waals surface area contributed by atoms with E-state index < -0.39 is 17.1 Å². The lowest BCUT2D eigenvalue weighted by Gasteiger charge is -2.12. The van der Waals surface area contributed by atoms with E-state index in [0.717, 1.165) is 22.2 Å². The Bertz CT molecular complexity index is 553. The predicted molar refractivity (Wildman–Crippen MR) is 68.7 cm³/mol. The monoisotopic (exact) mass is 276 g/mol. The van der Waals surface area contributed by atoms with Crippen molar-refractivity contribution in [3.8, 4) is 0 Å². The van der Waals surface area contributed by atoms with Crippen molar-refractivity contribution in [1.82, 2.24) is 4.90 Å². The Balaban J connectivity index is 2.14. The first-order valence-electron chi connectivity index (χ1n) is 5.58. The Morgan fingerprint density at radius 1 is 1.26 bits per heavy atom. The molecule has 98 valence electrons. The van der Waals surface area contributed by atoms with E-state index >= 15 is 0 Å². The fourth-order valence-electron chi connectivity index (χ4n) is 1.60. The van der Waals surface area contributed by atoms with Crippen molar-refractivity contribution in [3.63, 3.8) is 0 Å². The van der Waals surface area contributed by atoms with Gasteiger partial charge in [0.1, 0.15) is 0 Å². The number of carbonyl (C=O) groups is 3. The standard InChI is InChI=1S/C13H11NO4S/c15-11(16)6-7-14-12(17)10(19-13(14)18)8-9-4-2-1-3-5-9/h1-5,8H,6-7H2,(H,15,16)/p-1/b10-8-. The third-order valence-corrected chi connectivity index (χ3v) is 3.42. The average Bonchev–Trinajstić information content (AvgIpc) is 2.63. The van der Waals surface area contributed by atoms with Crippen LogP contribution in [0.2, 0.25) is 0 Å². The van der Waals surface area contributed by atoms with E-state index in [-0.39, 0.29) is 13.0 Å². The van der Waals surface area contributed by atoms with Crippen LogP contribution in [0.5, 0.6) is 0 Å². The molecule has 5 nitrogen and oxygen atoms in total. The minimum absolute atomic E-state index is 0.154. The fourth-order valence-corrected chi connectivity index (χ4v) is 2.46. The average molecular weight is 276 g/mol. The van der Waals surface area contributed by atoms with Gasteiger partial charge in [0.25, 0.3) is 11.1 Å². The summed E-state index contributed by atoms with van der Waals surface area (Å²) in [5.74, 6) is -1.74. The maximum Gasteiger partial charge on any atom is 0.293 e. The van der Waals surface area contributed by atoms with Gasteiger partial charge in [0.2, 0.25) is 0 Å². The molecule has 0 unspecified atom stereocenters. The first kappa shape index (κ1) is 13.4. The maximum atomic E-state index is 11.9. The quantitative estimate of drug-likeness (QED) is 0.762. The molecule has 0 saturated carbocycles. The van der Waals surface area contributed by atoms with Gasteiger partial charge in [-0.05, 0) is 23.4 Å². The summed E-state index contributed by atoms with van der Waals surface area (Å²) in [5, 5.41) is 9.91. The molecule has 1 aliphatic heterocycles. The Kier molecular flexibility index (Phi) is 4.01. The molecule has 0 radical (unpaired) electrons.